The molecule has 1 aliphatic carbocycles. The molecular weight excluding hydrogens is 473 g/mol. The molecule has 0 aromatic heterocycles. The van der Waals surface area contributed by atoms with Crippen LogP contribution in [0.2, 0.25) is 0 Å². The van der Waals surface area contributed by atoms with Crippen LogP contribution in [0.4, 0.5) is 14.9 Å². The number of carbonyl (C=O) groups is 2. The highest BCUT2D eigenvalue weighted by Crippen LogP contribution is 2.43. The van der Waals surface area contributed by atoms with Crippen molar-refractivity contribution in [3.8, 4) is 6.07 Å². The maximum absolute atomic E-state index is 15.1. The predicted molar refractivity (Wildman–Crippen MR) is 137 cm³/mol. The molecule has 1 aromatic carbocycles. The van der Waals surface area contributed by atoms with E-state index in [0.717, 1.165) is 44.6 Å². The van der Waals surface area contributed by atoms with Gasteiger partial charge < -0.3 is 19.9 Å². The quantitative estimate of drug-likeness (QED) is 0.653. The number of halogens is 1. The summed E-state index contributed by atoms with van der Waals surface area (Å²) in [6.45, 7) is 8.35. The number of likely N-dealkylation sites (tertiary alicyclic amines) is 2. The van der Waals surface area contributed by atoms with E-state index in [1.807, 2.05) is 6.07 Å². The Morgan fingerprint density at radius 1 is 1.22 bits per heavy atom. The van der Waals surface area contributed by atoms with Crippen LogP contribution in [-0.4, -0.2) is 78.3 Å². The van der Waals surface area contributed by atoms with Crippen LogP contribution in [0.3, 0.4) is 0 Å². The van der Waals surface area contributed by atoms with Gasteiger partial charge in [-0.05, 0) is 89.6 Å². The maximum Gasteiger partial charge on any atom is 0.411 e. The molecule has 2 amide bonds. The van der Waals surface area contributed by atoms with Gasteiger partial charge in [0.05, 0.1) is 6.07 Å². The van der Waals surface area contributed by atoms with Gasteiger partial charge >= 0.3 is 6.09 Å². The summed E-state index contributed by atoms with van der Waals surface area (Å²) in [5.74, 6) is -0.0639. The average molecular weight is 512 g/mol. The van der Waals surface area contributed by atoms with Gasteiger partial charge in [-0.2, -0.15) is 5.26 Å². The molecule has 200 valence electrons. The Labute approximate surface area is 218 Å². The minimum absolute atomic E-state index is 0.0222. The first kappa shape index (κ1) is 25.8. The summed E-state index contributed by atoms with van der Waals surface area (Å²) in [6.07, 6.45) is 3.22. The zero-order chi connectivity index (χ0) is 26.5. The van der Waals surface area contributed by atoms with Crippen LogP contribution in [-0.2, 0) is 16.0 Å². The van der Waals surface area contributed by atoms with Gasteiger partial charge in [0.15, 0.2) is 0 Å². The molecule has 37 heavy (non-hydrogen) atoms. The van der Waals surface area contributed by atoms with Crippen LogP contribution < -0.4 is 10.2 Å². The Hall–Kier alpha value is -2.86. The second-order valence-electron chi connectivity index (χ2n) is 12.2. The number of nitrogens with zero attached hydrogens (tertiary/aromatic N) is 4. The maximum atomic E-state index is 15.1. The molecule has 4 aliphatic rings. The van der Waals surface area contributed by atoms with Gasteiger partial charge in [0.25, 0.3) is 0 Å². The van der Waals surface area contributed by atoms with Gasteiger partial charge in [-0.15, -0.1) is 0 Å². The summed E-state index contributed by atoms with van der Waals surface area (Å²) in [7, 11) is 2.15. The second kappa shape index (κ2) is 9.79. The third kappa shape index (κ3) is 5.13. The molecule has 9 heteroatoms. The second-order valence-corrected chi connectivity index (χ2v) is 12.2. The highest BCUT2D eigenvalue weighted by atomic mass is 19.1. The summed E-state index contributed by atoms with van der Waals surface area (Å²) in [5, 5.41) is 12.6. The molecule has 8 nitrogen and oxygen atoms in total. The summed E-state index contributed by atoms with van der Waals surface area (Å²) in [5.41, 5.74) is 0.586. The number of anilines is 1. The van der Waals surface area contributed by atoms with Crippen molar-refractivity contribution in [2.45, 2.75) is 82.6 Å². The van der Waals surface area contributed by atoms with Crippen molar-refractivity contribution in [3.05, 3.63) is 29.6 Å². The monoisotopic (exact) mass is 511 g/mol. The SMILES string of the molecule is CN1CCC2CN(c3ccc(CC(C#N)NC(=O)C4C5CCC(C5)N4C(=O)OC(C)(C)C)c(F)c3)CC21. The number of rotatable bonds is 5. The molecular formula is C28H38FN5O3. The number of hydrogen-bond acceptors (Lipinski definition) is 6. The van der Waals surface area contributed by atoms with Gasteiger partial charge in [0.1, 0.15) is 23.5 Å². The first-order valence-electron chi connectivity index (χ1n) is 13.5. The van der Waals surface area contributed by atoms with Crippen molar-refractivity contribution >= 4 is 17.7 Å². The zero-order valence-corrected chi connectivity index (χ0v) is 22.2. The minimum Gasteiger partial charge on any atom is -0.444 e. The molecule has 2 bridgehead atoms. The Morgan fingerprint density at radius 2 is 2.00 bits per heavy atom. The van der Waals surface area contributed by atoms with Gasteiger partial charge in [0.2, 0.25) is 5.91 Å². The number of carbonyl (C=O) groups excluding carboxylic acids is 2. The number of benzene rings is 1. The van der Waals surface area contributed by atoms with Crippen LogP contribution in [0.1, 0.15) is 52.0 Å². The normalized spacial score (nSPS) is 29.8. The van der Waals surface area contributed by atoms with E-state index in [1.165, 1.54) is 6.42 Å². The highest BCUT2D eigenvalue weighted by molar-refractivity contribution is 5.87. The van der Waals surface area contributed by atoms with Crippen LogP contribution in [0, 0.1) is 29.0 Å². The number of piperidine rings is 1. The van der Waals surface area contributed by atoms with Crippen LogP contribution >= 0.6 is 0 Å². The molecule has 1 saturated carbocycles. The topological polar surface area (TPSA) is 88.9 Å². The van der Waals surface area contributed by atoms with Gasteiger partial charge in [-0.1, -0.05) is 6.07 Å². The predicted octanol–water partition coefficient (Wildman–Crippen LogP) is 3.30. The molecule has 1 N–H and O–H groups in total. The van der Waals surface area contributed by atoms with Crippen molar-refractivity contribution < 1.29 is 18.7 Å². The molecule has 3 saturated heterocycles. The van der Waals surface area contributed by atoms with E-state index >= 15 is 4.39 Å². The molecule has 0 radical (unpaired) electrons. The standard InChI is InChI=1S/C28H38FN5O3/c1-28(2,3)37-27(36)34-22-8-6-18(12-22)25(34)26(35)31-20(14-30)11-17-5-7-21(13-23(17)29)33-15-19-9-10-32(4)24(19)16-33/h5,7,13,18-20,22,24-25H,6,8-12,15-16H2,1-4H3,(H,31,35). The number of nitrogens with one attached hydrogen (secondary N) is 1. The molecule has 0 spiro atoms. The number of hydrogen-bond donors (Lipinski definition) is 1. The van der Waals surface area contributed by atoms with Crippen LogP contribution in [0.15, 0.2) is 18.2 Å². The van der Waals surface area contributed by atoms with Crippen LogP contribution in [0.25, 0.3) is 0 Å². The lowest BCUT2D eigenvalue weighted by Crippen LogP contribution is -2.55. The Kier molecular flexibility index (Phi) is 6.82. The number of amides is 2. The van der Waals surface area contributed by atoms with E-state index in [0.29, 0.717) is 17.5 Å². The first-order valence-corrected chi connectivity index (χ1v) is 13.5. The lowest BCUT2D eigenvalue weighted by molar-refractivity contribution is -0.128. The molecule has 3 heterocycles. The molecule has 6 atom stereocenters. The minimum atomic E-state index is -0.896. The molecule has 6 unspecified atom stereocenters. The smallest absolute Gasteiger partial charge is 0.411 e. The molecule has 5 rings (SSSR count). The number of likely N-dealkylation sites (N-methyl/N-ethyl adjacent to an activating group) is 1. The number of fused-ring (bicyclic) bond motifs is 3. The lowest BCUT2D eigenvalue weighted by atomic mass is 9.97. The number of nitriles is 1. The van der Waals surface area contributed by atoms with Crippen molar-refractivity contribution in [3.63, 3.8) is 0 Å². The van der Waals surface area contributed by atoms with E-state index in [2.05, 4.69) is 28.2 Å². The summed E-state index contributed by atoms with van der Waals surface area (Å²) < 4.78 is 20.7. The van der Waals surface area contributed by atoms with E-state index in [1.54, 1.807) is 37.8 Å². The average Bonchev–Trinajstić information content (AvgIpc) is 3.60. The third-order valence-electron chi connectivity index (χ3n) is 8.58. The third-order valence-corrected chi connectivity index (χ3v) is 8.58. The summed E-state index contributed by atoms with van der Waals surface area (Å²) >= 11 is 0. The van der Waals surface area contributed by atoms with E-state index in [4.69, 9.17) is 4.74 Å². The molecule has 3 aliphatic heterocycles. The summed E-state index contributed by atoms with van der Waals surface area (Å²) in [4.78, 5) is 32.4. The number of ether oxygens (including phenoxy) is 1. The summed E-state index contributed by atoms with van der Waals surface area (Å²) in [6, 6.07) is 6.24. The Balaban J connectivity index is 1.23. The van der Waals surface area contributed by atoms with Crippen LogP contribution in [0.5, 0.6) is 0 Å². The van der Waals surface area contributed by atoms with Crippen molar-refractivity contribution in [2.24, 2.45) is 11.8 Å². The highest BCUT2D eigenvalue weighted by Gasteiger charge is 2.52. The fourth-order valence-electron chi connectivity index (χ4n) is 6.79. The van der Waals surface area contributed by atoms with E-state index < -0.39 is 23.8 Å². The lowest BCUT2D eigenvalue weighted by Gasteiger charge is -2.35. The van der Waals surface area contributed by atoms with Gasteiger partial charge in [-0.3, -0.25) is 9.69 Å². The Bertz CT molecular complexity index is 1100. The molecule has 4 fully saturated rings. The van der Waals surface area contributed by atoms with Crippen molar-refractivity contribution in [2.75, 3.05) is 31.6 Å². The van der Waals surface area contributed by atoms with E-state index in [9.17, 15) is 14.9 Å². The van der Waals surface area contributed by atoms with Crippen molar-refractivity contribution in [1.82, 2.24) is 15.1 Å². The van der Waals surface area contributed by atoms with Gasteiger partial charge in [-0.25, -0.2) is 9.18 Å². The van der Waals surface area contributed by atoms with E-state index in [-0.39, 0.29) is 30.1 Å². The zero-order valence-electron chi connectivity index (χ0n) is 22.2. The fourth-order valence-corrected chi connectivity index (χ4v) is 6.79. The fraction of sp³-hybridized carbons (Fsp3) is 0.679. The van der Waals surface area contributed by atoms with Crippen molar-refractivity contribution in [1.29, 1.82) is 5.26 Å². The first-order chi connectivity index (χ1) is 17.5. The largest absolute Gasteiger partial charge is 0.444 e. The van der Waals surface area contributed by atoms with Gasteiger partial charge in [0, 0.05) is 37.3 Å². The Morgan fingerprint density at radius 3 is 2.68 bits per heavy atom. The molecule has 1 aromatic rings.